The van der Waals surface area contributed by atoms with Crippen LogP contribution in [0.2, 0.25) is 0 Å². The molecule has 2 amide bonds. The average molecular weight is 473 g/mol. The van der Waals surface area contributed by atoms with Gasteiger partial charge in [-0.1, -0.05) is 72.8 Å². The van der Waals surface area contributed by atoms with Crippen LogP contribution in [0, 0.1) is 0 Å². The second-order valence-corrected chi connectivity index (χ2v) is 8.73. The number of carbonyl (C=O) groups is 2. The van der Waals surface area contributed by atoms with Crippen LogP contribution in [-0.2, 0) is 22.7 Å². The number of ether oxygens (including phenoxy) is 2. The zero-order valence-corrected chi connectivity index (χ0v) is 20.1. The first-order chi connectivity index (χ1) is 17.1. The Labute approximate surface area is 207 Å². The van der Waals surface area contributed by atoms with Crippen LogP contribution in [0.4, 0.5) is 0 Å². The second kappa shape index (κ2) is 12.1. The molecule has 6 nitrogen and oxygen atoms in total. The van der Waals surface area contributed by atoms with E-state index in [1.165, 1.54) is 0 Å². The van der Waals surface area contributed by atoms with Crippen molar-refractivity contribution in [1.82, 2.24) is 9.80 Å². The molecular formula is C29H32N2O4. The Morgan fingerprint density at radius 2 is 1.31 bits per heavy atom. The summed E-state index contributed by atoms with van der Waals surface area (Å²) in [7, 11) is 1.57. The smallest absolute Gasteiger partial charge is 0.260 e. The molecule has 1 aliphatic carbocycles. The molecule has 35 heavy (non-hydrogen) atoms. The highest BCUT2D eigenvalue weighted by Gasteiger charge is 2.33. The molecule has 0 radical (unpaired) electrons. The number of benzene rings is 3. The highest BCUT2D eigenvalue weighted by molar-refractivity contribution is 5.80. The highest BCUT2D eigenvalue weighted by atomic mass is 16.5. The molecule has 3 aromatic carbocycles. The Balaban J connectivity index is 1.38. The van der Waals surface area contributed by atoms with E-state index in [1.54, 1.807) is 24.1 Å². The number of nitrogens with zero attached hydrogens (tertiary/aromatic N) is 2. The third-order valence-corrected chi connectivity index (χ3v) is 6.08. The zero-order valence-electron chi connectivity index (χ0n) is 20.1. The minimum absolute atomic E-state index is 0.0294. The fraction of sp³-hybridized carbons (Fsp3) is 0.310. The van der Waals surface area contributed by atoms with Crippen molar-refractivity contribution in [2.45, 2.75) is 38.4 Å². The molecule has 0 aromatic heterocycles. The second-order valence-electron chi connectivity index (χ2n) is 8.73. The molecule has 0 aliphatic heterocycles. The van der Waals surface area contributed by atoms with Gasteiger partial charge in [-0.05, 0) is 36.1 Å². The van der Waals surface area contributed by atoms with Crippen molar-refractivity contribution in [3.63, 3.8) is 0 Å². The monoisotopic (exact) mass is 472 g/mol. The Hall–Kier alpha value is -3.80. The van der Waals surface area contributed by atoms with Crippen LogP contribution in [0.1, 0.15) is 30.4 Å². The van der Waals surface area contributed by atoms with E-state index < -0.39 is 0 Å². The first-order valence-corrected chi connectivity index (χ1v) is 12.0. The van der Waals surface area contributed by atoms with Crippen LogP contribution in [0.5, 0.6) is 11.5 Å². The van der Waals surface area contributed by atoms with E-state index in [1.807, 2.05) is 77.7 Å². The van der Waals surface area contributed by atoms with Gasteiger partial charge in [0.05, 0.1) is 7.11 Å². The minimum Gasteiger partial charge on any atom is -0.493 e. The van der Waals surface area contributed by atoms with E-state index in [0.717, 1.165) is 24.0 Å². The van der Waals surface area contributed by atoms with E-state index in [0.29, 0.717) is 31.1 Å². The quantitative estimate of drug-likeness (QED) is 0.384. The van der Waals surface area contributed by atoms with Gasteiger partial charge in [-0.2, -0.15) is 0 Å². The van der Waals surface area contributed by atoms with Gasteiger partial charge in [0.15, 0.2) is 18.1 Å². The van der Waals surface area contributed by atoms with Gasteiger partial charge < -0.3 is 19.3 Å². The first-order valence-electron chi connectivity index (χ1n) is 12.0. The molecule has 0 unspecified atom stereocenters. The standard InChI is InChI=1S/C29H32N2O4/c1-34-26-14-8-9-15-27(26)35-22-29(33)31(25-16-17-25)19-18-28(32)30(20-23-10-4-2-5-11-23)21-24-12-6-3-7-13-24/h2-15,25H,16-22H2,1H3. The van der Waals surface area contributed by atoms with Crippen LogP contribution in [0.25, 0.3) is 0 Å². The summed E-state index contributed by atoms with van der Waals surface area (Å²) in [5, 5.41) is 0. The molecular weight excluding hydrogens is 440 g/mol. The molecule has 0 N–H and O–H groups in total. The maximum absolute atomic E-state index is 13.3. The van der Waals surface area contributed by atoms with Gasteiger partial charge in [0.1, 0.15) is 0 Å². The summed E-state index contributed by atoms with van der Waals surface area (Å²) in [4.78, 5) is 30.0. The summed E-state index contributed by atoms with van der Waals surface area (Å²) < 4.78 is 11.1. The fourth-order valence-corrected chi connectivity index (χ4v) is 4.07. The van der Waals surface area contributed by atoms with Gasteiger partial charge in [0.25, 0.3) is 5.91 Å². The molecule has 0 spiro atoms. The Morgan fingerprint density at radius 3 is 1.86 bits per heavy atom. The van der Waals surface area contributed by atoms with Crippen LogP contribution < -0.4 is 9.47 Å². The normalized spacial score (nSPS) is 12.6. The van der Waals surface area contributed by atoms with Crippen molar-refractivity contribution in [2.24, 2.45) is 0 Å². The summed E-state index contributed by atoms with van der Waals surface area (Å²) in [5.41, 5.74) is 2.16. The van der Waals surface area contributed by atoms with E-state index in [4.69, 9.17) is 9.47 Å². The van der Waals surface area contributed by atoms with Gasteiger partial charge >= 0.3 is 0 Å². The van der Waals surface area contributed by atoms with Crippen LogP contribution >= 0.6 is 0 Å². The predicted molar refractivity (Wildman–Crippen MR) is 135 cm³/mol. The molecule has 0 saturated heterocycles. The lowest BCUT2D eigenvalue weighted by Gasteiger charge is -2.26. The van der Waals surface area contributed by atoms with E-state index in [-0.39, 0.29) is 30.9 Å². The maximum Gasteiger partial charge on any atom is 0.260 e. The van der Waals surface area contributed by atoms with Crippen molar-refractivity contribution < 1.29 is 19.1 Å². The molecule has 1 fully saturated rings. The summed E-state index contributed by atoms with van der Waals surface area (Å²) >= 11 is 0. The predicted octanol–water partition coefficient (Wildman–Crippen LogP) is 4.68. The Bertz CT molecular complexity index is 1060. The number of carbonyl (C=O) groups excluding carboxylic acids is 2. The number of rotatable bonds is 12. The molecule has 1 saturated carbocycles. The lowest BCUT2D eigenvalue weighted by atomic mass is 10.1. The number of methoxy groups -OCH3 is 1. The molecule has 6 heteroatoms. The minimum atomic E-state index is -0.108. The van der Waals surface area contributed by atoms with Gasteiger partial charge in [0, 0.05) is 32.1 Å². The lowest BCUT2D eigenvalue weighted by Crippen LogP contribution is -2.40. The summed E-state index contributed by atoms with van der Waals surface area (Å²) in [6, 6.07) is 27.4. The van der Waals surface area contributed by atoms with E-state index >= 15 is 0 Å². The molecule has 0 heterocycles. The van der Waals surface area contributed by atoms with Gasteiger partial charge in [-0.15, -0.1) is 0 Å². The zero-order chi connectivity index (χ0) is 24.5. The number of hydrogen-bond donors (Lipinski definition) is 0. The maximum atomic E-state index is 13.3. The molecule has 1 aliphatic rings. The van der Waals surface area contributed by atoms with Crippen molar-refractivity contribution in [2.75, 3.05) is 20.3 Å². The SMILES string of the molecule is COc1ccccc1OCC(=O)N(CCC(=O)N(Cc1ccccc1)Cc1ccccc1)C1CC1. The third kappa shape index (κ3) is 7.09. The molecule has 0 bridgehead atoms. The van der Waals surface area contributed by atoms with E-state index in [2.05, 4.69) is 0 Å². The number of para-hydroxylation sites is 2. The van der Waals surface area contributed by atoms with Gasteiger partial charge in [-0.3, -0.25) is 9.59 Å². The van der Waals surface area contributed by atoms with E-state index in [9.17, 15) is 9.59 Å². The average Bonchev–Trinajstić information content (AvgIpc) is 3.74. The van der Waals surface area contributed by atoms with Crippen molar-refractivity contribution in [1.29, 1.82) is 0 Å². The Morgan fingerprint density at radius 1 is 0.771 bits per heavy atom. The van der Waals surface area contributed by atoms with Gasteiger partial charge in [-0.25, -0.2) is 0 Å². The highest BCUT2D eigenvalue weighted by Crippen LogP contribution is 2.29. The summed E-state index contributed by atoms with van der Waals surface area (Å²) in [6.45, 7) is 1.37. The molecule has 4 rings (SSSR count). The first kappa shape index (κ1) is 24.3. The number of hydrogen-bond acceptors (Lipinski definition) is 4. The third-order valence-electron chi connectivity index (χ3n) is 6.08. The Kier molecular flexibility index (Phi) is 8.39. The topological polar surface area (TPSA) is 59.1 Å². The summed E-state index contributed by atoms with van der Waals surface area (Å²) in [5.74, 6) is 1.05. The molecule has 182 valence electrons. The molecule has 0 atom stereocenters. The van der Waals surface area contributed by atoms with Crippen molar-refractivity contribution >= 4 is 11.8 Å². The largest absolute Gasteiger partial charge is 0.493 e. The number of amides is 2. The molecule has 3 aromatic rings. The van der Waals surface area contributed by atoms with Crippen LogP contribution in [-0.4, -0.2) is 47.9 Å². The van der Waals surface area contributed by atoms with Crippen LogP contribution in [0.15, 0.2) is 84.9 Å². The van der Waals surface area contributed by atoms with Crippen molar-refractivity contribution in [3.8, 4) is 11.5 Å². The fourth-order valence-electron chi connectivity index (χ4n) is 4.07. The van der Waals surface area contributed by atoms with Crippen molar-refractivity contribution in [3.05, 3.63) is 96.1 Å². The lowest BCUT2D eigenvalue weighted by molar-refractivity contribution is -0.136. The summed E-state index contributed by atoms with van der Waals surface area (Å²) in [6.07, 6.45) is 2.20. The van der Waals surface area contributed by atoms with Gasteiger partial charge in [0.2, 0.25) is 5.91 Å². The van der Waals surface area contributed by atoms with Crippen LogP contribution in [0.3, 0.4) is 0 Å².